The zero-order valence-corrected chi connectivity index (χ0v) is 11.1. The van der Waals surface area contributed by atoms with E-state index in [0.717, 1.165) is 5.82 Å². The van der Waals surface area contributed by atoms with Crippen molar-refractivity contribution in [3.63, 3.8) is 0 Å². The van der Waals surface area contributed by atoms with Gasteiger partial charge in [-0.2, -0.15) is 4.98 Å². The molecule has 1 aromatic heterocycles. The fourth-order valence-electron chi connectivity index (χ4n) is 1.99. The van der Waals surface area contributed by atoms with Gasteiger partial charge in [0, 0.05) is 18.9 Å². The molecular weight excluding hydrogens is 226 g/mol. The summed E-state index contributed by atoms with van der Waals surface area (Å²) < 4.78 is 5.21. The van der Waals surface area contributed by atoms with Crippen LogP contribution in [0.25, 0.3) is 0 Å². The average Bonchev–Trinajstić information content (AvgIpc) is 2.75. The lowest BCUT2D eigenvalue weighted by atomic mass is 10.0. The third-order valence-corrected chi connectivity index (χ3v) is 2.90. The summed E-state index contributed by atoms with van der Waals surface area (Å²) in [6, 6.07) is 6.45. The summed E-state index contributed by atoms with van der Waals surface area (Å²) in [7, 11) is 0. The summed E-state index contributed by atoms with van der Waals surface area (Å²) in [4.78, 5) is 4.38. The third kappa shape index (κ3) is 2.96. The van der Waals surface area contributed by atoms with Gasteiger partial charge in [0.2, 0.25) is 5.89 Å². The molecule has 0 amide bonds. The lowest BCUT2D eigenvalue weighted by Crippen LogP contribution is -2.09. The van der Waals surface area contributed by atoms with Crippen LogP contribution in [0.2, 0.25) is 0 Å². The highest BCUT2D eigenvalue weighted by atomic mass is 16.5. The molecule has 0 fully saturated rings. The maximum absolute atomic E-state index is 5.58. The summed E-state index contributed by atoms with van der Waals surface area (Å²) in [6.07, 6.45) is 0.698. The van der Waals surface area contributed by atoms with Gasteiger partial charge in [-0.15, -0.1) is 0 Å². The van der Waals surface area contributed by atoms with Crippen LogP contribution >= 0.6 is 0 Å². The highest BCUT2D eigenvalue weighted by Gasteiger charge is 2.12. The van der Waals surface area contributed by atoms with Crippen LogP contribution in [0.4, 0.5) is 0 Å². The molecule has 2 N–H and O–H groups in total. The maximum atomic E-state index is 5.58. The second-order valence-corrected chi connectivity index (χ2v) is 4.86. The van der Waals surface area contributed by atoms with E-state index in [1.165, 1.54) is 16.7 Å². The molecule has 0 radical (unpaired) electrons. The third-order valence-electron chi connectivity index (χ3n) is 2.90. The predicted octanol–water partition coefficient (Wildman–Crippen LogP) is 2.34. The van der Waals surface area contributed by atoms with E-state index in [1.807, 2.05) is 6.92 Å². The van der Waals surface area contributed by atoms with Crippen molar-refractivity contribution in [1.29, 1.82) is 0 Å². The Labute approximate surface area is 107 Å². The van der Waals surface area contributed by atoms with Crippen LogP contribution in [0.1, 0.15) is 41.2 Å². The Morgan fingerprint density at radius 3 is 2.50 bits per heavy atom. The molecule has 2 aromatic rings. The van der Waals surface area contributed by atoms with E-state index in [-0.39, 0.29) is 5.92 Å². The zero-order chi connectivity index (χ0) is 13.1. The molecule has 0 aliphatic carbocycles. The van der Waals surface area contributed by atoms with Crippen molar-refractivity contribution in [2.75, 3.05) is 6.54 Å². The molecule has 18 heavy (non-hydrogen) atoms. The topological polar surface area (TPSA) is 64.9 Å². The average molecular weight is 245 g/mol. The van der Waals surface area contributed by atoms with E-state index in [9.17, 15) is 0 Å². The van der Waals surface area contributed by atoms with Crippen LogP contribution in [-0.4, -0.2) is 16.7 Å². The van der Waals surface area contributed by atoms with Crippen molar-refractivity contribution in [2.45, 2.75) is 33.1 Å². The van der Waals surface area contributed by atoms with Gasteiger partial charge in [0.1, 0.15) is 0 Å². The number of hydrogen-bond donors (Lipinski definition) is 1. The van der Waals surface area contributed by atoms with Crippen LogP contribution in [0.15, 0.2) is 22.7 Å². The molecule has 4 nitrogen and oxygen atoms in total. The molecule has 0 aliphatic rings. The first-order chi connectivity index (χ1) is 8.58. The zero-order valence-electron chi connectivity index (χ0n) is 11.1. The molecule has 0 aliphatic heterocycles. The number of rotatable bonds is 4. The monoisotopic (exact) mass is 245 g/mol. The fraction of sp³-hybridized carbons (Fsp3) is 0.429. The van der Waals surface area contributed by atoms with Crippen LogP contribution < -0.4 is 5.73 Å². The number of benzene rings is 1. The van der Waals surface area contributed by atoms with E-state index in [1.54, 1.807) is 0 Å². The second kappa shape index (κ2) is 5.31. The molecule has 0 spiro atoms. The number of nitrogens with zero attached hydrogens (tertiary/aromatic N) is 2. The van der Waals surface area contributed by atoms with Gasteiger partial charge in [-0.05, 0) is 19.4 Å². The van der Waals surface area contributed by atoms with Gasteiger partial charge in [-0.3, -0.25) is 0 Å². The van der Waals surface area contributed by atoms with Gasteiger partial charge in [-0.25, -0.2) is 0 Å². The standard InChI is InChI=1S/C14H19N3O/c1-9-4-10(2)6-12(5-9)7-13-16-14(18-17-13)11(3)8-15/h4-6,11H,7-8,15H2,1-3H3. The Hall–Kier alpha value is -1.68. The molecule has 1 unspecified atom stereocenters. The van der Waals surface area contributed by atoms with Crippen molar-refractivity contribution in [3.8, 4) is 0 Å². The predicted molar refractivity (Wildman–Crippen MR) is 70.5 cm³/mol. The first-order valence-electron chi connectivity index (χ1n) is 6.18. The van der Waals surface area contributed by atoms with E-state index in [0.29, 0.717) is 18.9 Å². The highest BCUT2D eigenvalue weighted by Crippen LogP contribution is 2.15. The van der Waals surface area contributed by atoms with Crippen molar-refractivity contribution in [3.05, 3.63) is 46.6 Å². The summed E-state index contributed by atoms with van der Waals surface area (Å²) in [5.74, 6) is 1.46. The Kier molecular flexibility index (Phi) is 3.77. The van der Waals surface area contributed by atoms with Gasteiger partial charge < -0.3 is 10.3 Å². The fourth-order valence-corrected chi connectivity index (χ4v) is 1.99. The molecule has 0 saturated heterocycles. The van der Waals surface area contributed by atoms with Crippen LogP contribution in [0.3, 0.4) is 0 Å². The number of hydrogen-bond acceptors (Lipinski definition) is 4. The van der Waals surface area contributed by atoms with Gasteiger partial charge in [0.05, 0.1) is 0 Å². The lowest BCUT2D eigenvalue weighted by molar-refractivity contribution is 0.357. The van der Waals surface area contributed by atoms with Crippen LogP contribution in [0, 0.1) is 13.8 Å². The SMILES string of the molecule is Cc1cc(C)cc(Cc2noc(C(C)CN)n2)c1. The summed E-state index contributed by atoms with van der Waals surface area (Å²) in [6.45, 7) is 6.68. The summed E-state index contributed by atoms with van der Waals surface area (Å²) >= 11 is 0. The highest BCUT2D eigenvalue weighted by molar-refractivity contribution is 5.30. The normalized spacial score (nSPS) is 12.7. The summed E-state index contributed by atoms with van der Waals surface area (Å²) in [5.41, 5.74) is 9.29. The quantitative estimate of drug-likeness (QED) is 0.898. The first-order valence-corrected chi connectivity index (χ1v) is 6.18. The smallest absolute Gasteiger partial charge is 0.230 e. The van der Waals surface area contributed by atoms with Crippen molar-refractivity contribution in [2.24, 2.45) is 5.73 Å². The molecule has 0 bridgehead atoms. The van der Waals surface area contributed by atoms with E-state index in [4.69, 9.17) is 10.3 Å². The molecule has 1 heterocycles. The van der Waals surface area contributed by atoms with Crippen LogP contribution in [0.5, 0.6) is 0 Å². The molecule has 2 rings (SSSR count). The molecule has 96 valence electrons. The Morgan fingerprint density at radius 2 is 1.89 bits per heavy atom. The van der Waals surface area contributed by atoms with E-state index < -0.39 is 0 Å². The maximum Gasteiger partial charge on any atom is 0.230 e. The minimum atomic E-state index is 0.116. The summed E-state index contributed by atoms with van der Waals surface area (Å²) in [5, 5.41) is 4.00. The Morgan fingerprint density at radius 1 is 1.22 bits per heavy atom. The van der Waals surface area contributed by atoms with Gasteiger partial charge in [0.25, 0.3) is 0 Å². The molecule has 1 atom stereocenters. The second-order valence-electron chi connectivity index (χ2n) is 4.86. The molecule has 4 heteroatoms. The van der Waals surface area contributed by atoms with Crippen molar-refractivity contribution < 1.29 is 4.52 Å². The van der Waals surface area contributed by atoms with Gasteiger partial charge >= 0.3 is 0 Å². The van der Waals surface area contributed by atoms with Gasteiger partial charge in [0.15, 0.2) is 5.82 Å². The van der Waals surface area contributed by atoms with Crippen molar-refractivity contribution >= 4 is 0 Å². The Bertz CT molecular complexity index is 513. The number of aryl methyl sites for hydroxylation is 2. The number of aromatic nitrogens is 2. The largest absolute Gasteiger partial charge is 0.339 e. The van der Waals surface area contributed by atoms with Crippen molar-refractivity contribution in [1.82, 2.24) is 10.1 Å². The minimum Gasteiger partial charge on any atom is -0.339 e. The minimum absolute atomic E-state index is 0.116. The first kappa shape index (κ1) is 12.8. The van der Waals surface area contributed by atoms with E-state index >= 15 is 0 Å². The Balaban J connectivity index is 2.16. The van der Waals surface area contributed by atoms with Gasteiger partial charge in [-0.1, -0.05) is 41.4 Å². The lowest BCUT2D eigenvalue weighted by Gasteiger charge is -2.02. The van der Waals surface area contributed by atoms with E-state index in [2.05, 4.69) is 42.2 Å². The van der Waals surface area contributed by atoms with Crippen LogP contribution in [-0.2, 0) is 6.42 Å². The molecule has 0 saturated carbocycles. The molecule has 1 aromatic carbocycles. The number of nitrogens with two attached hydrogens (primary N) is 1. The molecular formula is C14H19N3O.